The van der Waals surface area contributed by atoms with Gasteiger partial charge in [0.2, 0.25) is 0 Å². The summed E-state index contributed by atoms with van der Waals surface area (Å²) in [6, 6.07) is 4.09. The number of fused-ring (bicyclic) bond motifs is 1. The molecule has 1 aromatic carbocycles. The number of rotatable bonds is 0. The van der Waals surface area contributed by atoms with Gasteiger partial charge in [-0.1, -0.05) is 19.1 Å². The first-order valence-corrected chi connectivity index (χ1v) is 5.19. The minimum absolute atomic E-state index is 0.539. The smallest absolute Gasteiger partial charge is 0.423 e. The minimum atomic E-state index is -0.709. The zero-order valence-electron chi connectivity index (χ0n) is 9.58. The van der Waals surface area contributed by atoms with Gasteiger partial charge in [-0.15, -0.1) is 0 Å². The van der Waals surface area contributed by atoms with Crippen LogP contribution in [0.4, 0.5) is 0 Å². The van der Waals surface area contributed by atoms with E-state index in [4.69, 9.17) is 10.4 Å². The number of hydrogen-bond acceptors (Lipinski definition) is 3. The van der Waals surface area contributed by atoms with Gasteiger partial charge in [-0.05, 0) is 42.5 Å². The fourth-order valence-electron chi connectivity index (χ4n) is 1.51. The third kappa shape index (κ3) is 2.81. The number of aryl methyl sites for hydroxylation is 2. The molecule has 4 heteroatoms. The van der Waals surface area contributed by atoms with Crippen molar-refractivity contribution in [1.29, 1.82) is 0 Å². The van der Waals surface area contributed by atoms with E-state index in [0.29, 0.717) is 6.61 Å². The first-order chi connectivity index (χ1) is 7.10. The van der Waals surface area contributed by atoms with Gasteiger partial charge >= 0.3 is 7.12 Å². The van der Waals surface area contributed by atoms with E-state index in [1.807, 2.05) is 19.9 Å². The van der Waals surface area contributed by atoms with E-state index in [9.17, 15) is 5.02 Å². The van der Waals surface area contributed by atoms with Gasteiger partial charge in [0.1, 0.15) is 0 Å². The molecule has 0 aromatic heterocycles. The van der Waals surface area contributed by atoms with Crippen LogP contribution in [0.3, 0.4) is 0 Å². The molecule has 0 atom stereocenters. The maximum absolute atomic E-state index is 9.37. The summed E-state index contributed by atoms with van der Waals surface area (Å²) >= 11 is 0. The van der Waals surface area contributed by atoms with E-state index in [1.54, 1.807) is 0 Å². The summed E-state index contributed by atoms with van der Waals surface area (Å²) < 4.78 is 5.09. The Morgan fingerprint density at radius 2 is 1.93 bits per heavy atom. The molecule has 82 valence electrons. The van der Waals surface area contributed by atoms with Crippen LogP contribution in [0.2, 0.25) is 0 Å². The molecule has 1 aliphatic rings. The largest absolute Gasteiger partial charge is 0.491 e. The molecule has 1 heterocycles. The van der Waals surface area contributed by atoms with Gasteiger partial charge in [0.25, 0.3) is 0 Å². The van der Waals surface area contributed by atoms with Crippen LogP contribution >= 0.6 is 0 Å². The molecule has 15 heavy (non-hydrogen) atoms. The summed E-state index contributed by atoms with van der Waals surface area (Å²) in [5.74, 6) is 0. The molecule has 0 spiro atoms. The average molecular weight is 207 g/mol. The van der Waals surface area contributed by atoms with Crippen LogP contribution in [0.1, 0.15) is 23.6 Å². The van der Waals surface area contributed by atoms with Crippen LogP contribution in [0, 0.1) is 13.8 Å². The lowest BCUT2D eigenvalue weighted by atomic mass is 9.78. The van der Waals surface area contributed by atoms with Crippen molar-refractivity contribution in [1.82, 2.24) is 0 Å². The second kappa shape index (κ2) is 5.30. The number of nitrogens with two attached hydrogens (primary N) is 1. The van der Waals surface area contributed by atoms with E-state index < -0.39 is 7.12 Å². The summed E-state index contributed by atoms with van der Waals surface area (Å²) in [7, 11) is -0.709. The molecule has 0 bridgehead atoms. The lowest BCUT2D eigenvalue weighted by molar-refractivity contribution is 0.275. The summed E-state index contributed by atoms with van der Waals surface area (Å²) in [6.45, 7) is 7.30. The van der Waals surface area contributed by atoms with E-state index >= 15 is 0 Å². The van der Waals surface area contributed by atoms with Crippen molar-refractivity contribution in [2.45, 2.75) is 27.4 Å². The van der Waals surface area contributed by atoms with Gasteiger partial charge in [0.15, 0.2) is 0 Å². The van der Waals surface area contributed by atoms with Gasteiger partial charge in [-0.25, -0.2) is 0 Å². The SMILES string of the molecule is CCN.Cc1cc2c(cc1C)B(O)OC2. The maximum atomic E-state index is 9.37. The molecule has 1 aromatic rings. The standard InChI is InChI=1S/C9H11BO2.C2H7N/c1-6-3-8-5-12-10(11)9(8)4-7(6)2;1-2-3/h3-4,11H,5H2,1-2H3;2-3H2,1H3. The Bertz CT molecular complexity index is 342. The van der Waals surface area contributed by atoms with Crippen molar-refractivity contribution < 1.29 is 9.68 Å². The fourth-order valence-corrected chi connectivity index (χ4v) is 1.51. The summed E-state index contributed by atoms with van der Waals surface area (Å²) in [5, 5.41) is 9.37. The highest BCUT2D eigenvalue weighted by Gasteiger charge is 2.27. The molecular formula is C11H18BNO2. The van der Waals surface area contributed by atoms with Crippen molar-refractivity contribution in [2.24, 2.45) is 5.73 Å². The lowest BCUT2D eigenvalue weighted by Gasteiger charge is -2.03. The Morgan fingerprint density at radius 1 is 1.40 bits per heavy atom. The highest BCUT2D eigenvalue weighted by molar-refractivity contribution is 6.61. The minimum Gasteiger partial charge on any atom is -0.423 e. The molecule has 0 fully saturated rings. The summed E-state index contributed by atoms with van der Waals surface area (Å²) in [5.41, 5.74) is 9.36. The zero-order chi connectivity index (χ0) is 11.4. The molecule has 0 aliphatic carbocycles. The van der Waals surface area contributed by atoms with Gasteiger partial charge in [0, 0.05) is 0 Å². The Morgan fingerprint density at radius 3 is 2.53 bits per heavy atom. The van der Waals surface area contributed by atoms with Crippen LogP contribution in [0.5, 0.6) is 0 Å². The maximum Gasteiger partial charge on any atom is 0.491 e. The van der Waals surface area contributed by atoms with Crippen molar-refractivity contribution >= 4 is 12.6 Å². The Balaban J connectivity index is 0.000000337. The van der Waals surface area contributed by atoms with E-state index in [2.05, 4.69) is 13.0 Å². The second-order valence-electron chi connectivity index (χ2n) is 3.71. The Labute approximate surface area is 91.4 Å². The molecule has 3 nitrogen and oxygen atoms in total. The fraction of sp³-hybridized carbons (Fsp3) is 0.455. The first-order valence-electron chi connectivity index (χ1n) is 5.19. The first kappa shape index (κ1) is 12.2. The zero-order valence-corrected chi connectivity index (χ0v) is 9.58. The highest BCUT2D eigenvalue weighted by atomic mass is 16.5. The Hall–Kier alpha value is -0.835. The molecule has 0 saturated carbocycles. The van der Waals surface area contributed by atoms with Crippen molar-refractivity contribution in [3.8, 4) is 0 Å². The van der Waals surface area contributed by atoms with Crippen LogP contribution in [-0.4, -0.2) is 18.7 Å². The molecule has 3 N–H and O–H groups in total. The number of hydrogen-bond donors (Lipinski definition) is 2. The van der Waals surface area contributed by atoms with E-state index in [1.165, 1.54) is 11.1 Å². The molecule has 0 saturated heterocycles. The monoisotopic (exact) mass is 207 g/mol. The van der Waals surface area contributed by atoms with Crippen LogP contribution in [0.15, 0.2) is 12.1 Å². The molecule has 0 unspecified atom stereocenters. The van der Waals surface area contributed by atoms with Crippen molar-refractivity contribution in [3.63, 3.8) is 0 Å². The molecule has 1 aliphatic heterocycles. The topological polar surface area (TPSA) is 55.5 Å². The lowest BCUT2D eigenvalue weighted by Crippen LogP contribution is -2.28. The molecular weight excluding hydrogens is 189 g/mol. The van der Waals surface area contributed by atoms with E-state index in [-0.39, 0.29) is 0 Å². The second-order valence-corrected chi connectivity index (χ2v) is 3.71. The third-order valence-electron chi connectivity index (χ3n) is 2.42. The normalized spacial score (nSPS) is 13.3. The van der Waals surface area contributed by atoms with E-state index in [0.717, 1.165) is 17.6 Å². The third-order valence-corrected chi connectivity index (χ3v) is 2.42. The van der Waals surface area contributed by atoms with Gasteiger partial charge in [-0.3, -0.25) is 0 Å². The molecule has 0 amide bonds. The highest BCUT2D eigenvalue weighted by Crippen LogP contribution is 2.14. The quantitative estimate of drug-likeness (QED) is 0.608. The molecule has 0 radical (unpaired) electrons. The van der Waals surface area contributed by atoms with Crippen molar-refractivity contribution in [3.05, 3.63) is 28.8 Å². The van der Waals surface area contributed by atoms with Gasteiger partial charge in [-0.2, -0.15) is 0 Å². The van der Waals surface area contributed by atoms with Gasteiger partial charge in [0.05, 0.1) is 6.61 Å². The average Bonchev–Trinajstić information content (AvgIpc) is 2.51. The van der Waals surface area contributed by atoms with Gasteiger partial charge < -0.3 is 15.4 Å². The van der Waals surface area contributed by atoms with Crippen LogP contribution in [0.25, 0.3) is 0 Å². The molecule has 2 rings (SSSR count). The summed E-state index contributed by atoms with van der Waals surface area (Å²) in [6.07, 6.45) is 0. The van der Waals surface area contributed by atoms with Crippen LogP contribution in [-0.2, 0) is 11.3 Å². The van der Waals surface area contributed by atoms with Crippen LogP contribution < -0.4 is 11.2 Å². The van der Waals surface area contributed by atoms with Crippen molar-refractivity contribution in [2.75, 3.05) is 6.54 Å². The predicted octanol–water partition coefficient (Wildman–Crippen LogP) is 0.486. The Kier molecular flexibility index (Phi) is 4.33. The number of benzene rings is 1. The predicted molar refractivity (Wildman–Crippen MR) is 63.0 cm³/mol. The summed E-state index contributed by atoms with van der Waals surface area (Å²) in [4.78, 5) is 0.